The highest BCUT2D eigenvalue weighted by Gasteiger charge is 2.28. The van der Waals surface area contributed by atoms with Crippen molar-refractivity contribution in [2.75, 3.05) is 13.4 Å². The van der Waals surface area contributed by atoms with Gasteiger partial charge in [-0.05, 0) is 6.26 Å². The van der Waals surface area contributed by atoms with E-state index in [4.69, 9.17) is 5.26 Å². The Balaban J connectivity index is 3.12. The fourth-order valence-corrected chi connectivity index (χ4v) is 1.53. The van der Waals surface area contributed by atoms with E-state index in [1.807, 2.05) is 6.07 Å². The van der Waals surface area contributed by atoms with Crippen molar-refractivity contribution in [2.24, 2.45) is 5.16 Å². The maximum Gasteiger partial charge on any atom is 0.268 e. The van der Waals surface area contributed by atoms with E-state index < -0.39 is 5.91 Å². The highest BCUT2D eigenvalue weighted by molar-refractivity contribution is 8.03. The predicted octanol–water partition coefficient (Wildman–Crippen LogP) is 0.217. The lowest BCUT2D eigenvalue weighted by atomic mass is 10.3. The number of amides is 1. The van der Waals surface area contributed by atoms with E-state index in [0.29, 0.717) is 10.7 Å². The summed E-state index contributed by atoms with van der Waals surface area (Å²) in [5.74, 6) is -0.126. The average molecular weight is 197 g/mol. The lowest BCUT2D eigenvalue weighted by molar-refractivity contribution is -0.115. The van der Waals surface area contributed by atoms with Gasteiger partial charge in [0.05, 0.1) is 4.91 Å². The number of hydrogen-bond donors (Lipinski definition) is 1. The van der Waals surface area contributed by atoms with Crippen LogP contribution < -0.4 is 5.32 Å². The Bertz CT molecular complexity index is 340. The van der Waals surface area contributed by atoms with Crippen molar-refractivity contribution in [3.05, 3.63) is 10.5 Å². The van der Waals surface area contributed by atoms with Crippen LogP contribution in [0.1, 0.15) is 0 Å². The quantitative estimate of drug-likeness (QED) is 0.642. The molecule has 0 radical (unpaired) electrons. The number of carbonyl (C=O) groups excluding carboxylic acids is 1. The lowest BCUT2D eigenvalue weighted by Gasteiger charge is -1.97. The normalized spacial score (nSPS) is 18.8. The molecule has 0 unspecified atom stereocenters. The number of oxime groups is 1. The molecular weight excluding hydrogens is 190 g/mol. The van der Waals surface area contributed by atoms with Gasteiger partial charge >= 0.3 is 0 Å². The summed E-state index contributed by atoms with van der Waals surface area (Å²) in [4.78, 5) is 16.2. The first-order valence-corrected chi connectivity index (χ1v) is 4.58. The van der Waals surface area contributed by atoms with Crippen LogP contribution in [0, 0.1) is 11.3 Å². The standard InChI is InChI=1S/C7H7N3O2S/c1-12-10-6-5(13-2)4(3-8)7(11)9-6/h1-2H3,(H,9,10,11). The molecule has 1 N–H and O–H groups in total. The van der Waals surface area contributed by atoms with Crippen molar-refractivity contribution in [3.8, 4) is 6.07 Å². The smallest absolute Gasteiger partial charge is 0.268 e. The Hall–Kier alpha value is -1.48. The second kappa shape index (κ2) is 3.96. The molecule has 68 valence electrons. The van der Waals surface area contributed by atoms with Crippen LogP contribution in [0.15, 0.2) is 15.6 Å². The van der Waals surface area contributed by atoms with Gasteiger partial charge in [0.15, 0.2) is 5.84 Å². The van der Waals surface area contributed by atoms with Crippen molar-refractivity contribution >= 4 is 23.5 Å². The molecule has 0 bridgehead atoms. The summed E-state index contributed by atoms with van der Waals surface area (Å²) in [6.07, 6.45) is 1.76. The molecule has 0 saturated heterocycles. The predicted molar refractivity (Wildman–Crippen MR) is 48.7 cm³/mol. The molecule has 0 spiro atoms. The van der Waals surface area contributed by atoms with E-state index in [1.165, 1.54) is 18.9 Å². The number of nitrogens with one attached hydrogen (secondary N) is 1. The molecular formula is C7H7N3O2S. The molecule has 0 aliphatic carbocycles. The van der Waals surface area contributed by atoms with E-state index in [1.54, 1.807) is 6.26 Å². The van der Waals surface area contributed by atoms with Crippen molar-refractivity contribution in [1.82, 2.24) is 5.32 Å². The minimum absolute atomic E-state index is 0.0864. The zero-order valence-electron chi connectivity index (χ0n) is 7.12. The fourth-order valence-electron chi connectivity index (χ4n) is 0.904. The van der Waals surface area contributed by atoms with Gasteiger partial charge in [-0.1, -0.05) is 5.16 Å². The van der Waals surface area contributed by atoms with Crippen molar-refractivity contribution in [2.45, 2.75) is 0 Å². The van der Waals surface area contributed by atoms with Crippen LogP contribution in [0.3, 0.4) is 0 Å². The summed E-state index contributed by atoms with van der Waals surface area (Å²) in [6.45, 7) is 0. The van der Waals surface area contributed by atoms with Gasteiger partial charge in [0.2, 0.25) is 0 Å². The van der Waals surface area contributed by atoms with Crippen LogP contribution in [-0.2, 0) is 9.63 Å². The first kappa shape index (κ1) is 9.61. The third-order valence-electron chi connectivity index (χ3n) is 1.40. The van der Waals surface area contributed by atoms with Crippen LogP contribution in [-0.4, -0.2) is 25.1 Å². The van der Waals surface area contributed by atoms with Gasteiger partial charge in [-0.3, -0.25) is 4.79 Å². The van der Waals surface area contributed by atoms with Crippen molar-refractivity contribution in [3.63, 3.8) is 0 Å². The van der Waals surface area contributed by atoms with Gasteiger partial charge in [-0.25, -0.2) is 0 Å². The molecule has 0 atom stereocenters. The van der Waals surface area contributed by atoms with Crippen LogP contribution in [0.25, 0.3) is 0 Å². The maximum atomic E-state index is 11.1. The second-order valence-corrected chi connectivity index (χ2v) is 2.91. The number of amidine groups is 1. The van der Waals surface area contributed by atoms with Gasteiger partial charge < -0.3 is 10.2 Å². The number of rotatable bonds is 2. The highest BCUT2D eigenvalue weighted by Crippen LogP contribution is 2.22. The van der Waals surface area contributed by atoms with Crippen molar-refractivity contribution in [1.29, 1.82) is 5.26 Å². The molecule has 0 aromatic heterocycles. The zero-order valence-corrected chi connectivity index (χ0v) is 7.94. The molecule has 0 fully saturated rings. The van der Waals surface area contributed by atoms with Gasteiger partial charge in [-0.15, -0.1) is 11.8 Å². The minimum atomic E-state index is -0.428. The van der Waals surface area contributed by atoms with Crippen molar-refractivity contribution < 1.29 is 9.63 Å². The molecule has 6 heteroatoms. The first-order valence-electron chi connectivity index (χ1n) is 3.35. The largest absolute Gasteiger partial charge is 0.397 e. The Labute approximate surface area is 79.4 Å². The van der Waals surface area contributed by atoms with E-state index in [9.17, 15) is 4.79 Å². The molecule has 0 saturated carbocycles. The summed E-state index contributed by atoms with van der Waals surface area (Å²) < 4.78 is 0. The number of carbonyl (C=O) groups is 1. The first-order chi connectivity index (χ1) is 6.24. The Morgan fingerprint density at radius 1 is 1.69 bits per heavy atom. The summed E-state index contributed by atoms with van der Waals surface area (Å²) in [7, 11) is 1.38. The summed E-state index contributed by atoms with van der Waals surface area (Å²) in [5, 5.41) is 14.7. The van der Waals surface area contributed by atoms with Crippen LogP contribution >= 0.6 is 11.8 Å². The molecule has 1 aliphatic heterocycles. The van der Waals surface area contributed by atoms with Crippen LogP contribution in [0.2, 0.25) is 0 Å². The van der Waals surface area contributed by atoms with E-state index in [-0.39, 0.29) is 5.57 Å². The SMILES string of the molecule is CO/N=C1/NC(=O)C(C#N)=C1SC. The molecule has 0 aromatic carbocycles. The van der Waals surface area contributed by atoms with Gasteiger partial charge in [-0.2, -0.15) is 5.26 Å². The molecule has 1 amide bonds. The van der Waals surface area contributed by atoms with Crippen LogP contribution in [0.4, 0.5) is 0 Å². The van der Waals surface area contributed by atoms with E-state index in [0.717, 1.165) is 0 Å². The number of nitrogens with zero attached hydrogens (tertiary/aromatic N) is 2. The molecule has 0 aromatic rings. The van der Waals surface area contributed by atoms with Crippen LogP contribution in [0.5, 0.6) is 0 Å². The van der Waals surface area contributed by atoms with Gasteiger partial charge in [0.1, 0.15) is 18.8 Å². The number of nitriles is 1. The second-order valence-electron chi connectivity index (χ2n) is 2.10. The molecule has 1 aliphatic rings. The third kappa shape index (κ3) is 1.65. The summed E-state index contributed by atoms with van der Waals surface area (Å²) >= 11 is 1.28. The maximum absolute atomic E-state index is 11.1. The number of hydrogen-bond acceptors (Lipinski definition) is 5. The molecule has 1 rings (SSSR count). The summed E-state index contributed by atoms with van der Waals surface area (Å²) in [5.41, 5.74) is 0.0864. The van der Waals surface area contributed by atoms with E-state index in [2.05, 4.69) is 15.3 Å². The lowest BCUT2D eigenvalue weighted by Crippen LogP contribution is -2.23. The Kier molecular flexibility index (Phi) is 2.93. The number of thioether (sulfide) groups is 1. The molecule has 13 heavy (non-hydrogen) atoms. The monoisotopic (exact) mass is 197 g/mol. The topological polar surface area (TPSA) is 74.5 Å². The average Bonchev–Trinajstić information content (AvgIpc) is 2.41. The molecule has 5 nitrogen and oxygen atoms in total. The minimum Gasteiger partial charge on any atom is -0.397 e. The van der Waals surface area contributed by atoms with Gasteiger partial charge in [0, 0.05) is 0 Å². The highest BCUT2D eigenvalue weighted by atomic mass is 32.2. The van der Waals surface area contributed by atoms with Gasteiger partial charge in [0.25, 0.3) is 5.91 Å². The molecule has 1 heterocycles. The fraction of sp³-hybridized carbons (Fsp3) is 0.286. The van der Waals surface area contributed by atoms with E-state index >= 15 is 0 Å². The zero-order chi connectivity index (χ0) is 9.84. The summed E-state index contributed by atoms with van der Waals surface area (Å²) in [6, 6.07) is 1.81. The third-order valence-corrected chi connectivity index (χ3v) is 2.21. The Morgan fingerprint density at radius 3 is 2.85 bits per heavy atom. The Morgan fingerprint density at radius 2 is 2.38 bits per heavy atom.